The highest BCUT2D eigenvalue weighted by Crippen LogP contribution is 2.41. The molecule has 2 aromatic carbocycles. The monoisotopic (exact) mass is 484 g/mol. The van der Waals surface area contributed by atoms with Crippen LogP contribution in [-0.2, 0) is 6.61 Å². The first kappa shape index (κ1) is 24.6. The average Bonchev–Trinajstić information content (AvgIpc) is 3.24. The molecule has 1 aliphatic carbocycles. The van der Waals surface area contributed by atoms with Crippen LogP contribution in [0.15, 0.2) is 88.4 Å². The maximum Gasteiger partial charge on any atom is 0.265 e. The molecule has 188 valence electrons. The van der Waals surface area contributed by atoms with Crippen molar-refractivity contribution in [2.24, 2.45) is 27.7 Å². The Kier molecular flexibility index (Phi) is 7.46. The predicted octanol–water partition coefficient (Wildman–Crippen LogP) is 5.63. The number of fused-ring (bicyclic) bond motifs is 1. The van der Waals surface area contributed by atoms with Gasteiger partial charge in [-0.25, -0.2) is 0 Å². The molecule has 1 atom stereocenters. The lowest BCUT2D eigenvalue weighted by molar-refractivity contribution is -0.750. The smallest absolute Gasteiger partial charge is 0.265 e. The minimum absolute atomic E-state index is 0.0698. The summed E-state index contributed by atoms with van der Waals surface area (Å²) >= 11 is 0. The summed E-state index contributed by atoms with van der Waals surface area (Å²) in [6, 6.07) is 18.3. The number of aliphatic imine (C=N–C) groups is 2. The Hall–Kier alpha value is -3.06. The van der Waals surface area contributed by atoms with E-state index in [9.17, 15) is 0 Å². The fourth-order valence-corrected chi connectivity index (χ4v) is 5.64. The summed E-state index contributed by atoms with van der Waals surface area (Å²) in [5, 5.41) is 0. The van der Waals surface area contributed by atoms with Crippen LogP contribution in [0.4, 0.5) is 0 Å². The van der Waals surface area contributed by atoms with Gasteiger partial charge in [-0.3, -0.25) is 4.99 Å². The zero-order chi connectivity index (χ0) is 25.0. The molecule has 0 aromatic heterocycles. The topological polar surface area (TPSA) is 63.2 Å². The molecular weight excluding hydrogens is 446 g/mol. The summed E-state index contributed by atoms with van der Waals surface area (Å²) in [6.07, 6.45) is 10.4. The number of quaternary nitrogens is 1. The molecule has 2 aliphatic heterocycles. The summed E-state index contributed by atoms with van der Waals surface area (Å²) in [5.41, 5.74) is 4.22. The van der Waals surface area contributed by atoms with E-state index in [1.165, 1.54) is 19.4 Å². The number of ether oxygens (including phenoxy) is 1. The Morgan fingerprint density at radius 2 is 1.78 bits per heavy atom. The summed E-state index contributed by atoms with van der Waals surface area (Å²) in [7, 11) is 0. The Bertz CT molecular complexity index is 1170. The molecule has 1 fully saturated rings. The zero-order valence-corrected chi connectivity index (χ0v) is 21.5. The molecule has 2 N–H and O–H groups in total. The van der Waals surface area contributed by atoms with Crippen molar-refractivity contribution >= 4 is 12.1 Å². The molecule has 6 nitrogen and oxygen atoms in total. The molecule has 5 rings (SSSR count). The van der Waals surface area contributed by atoms with Gasteiger partial charge < -0.3 is 9.64 Å². The third-order valence-corrected chi connectivity index (χ3v) is 7.81. The van der Waals surface area contributed by atoms with Crippen molar-refractivity contribution in [1.82, 2.24) is 4.90 Å². The lowest BCUT2D eigenvalue weighted by Crippen LogP contribution is -2.53. The van der Waals surface area contributed by atoms with E-state index in [0.29, 0.717) is 12.5 Å². The second-order valence-electron chi connectivity index (χ2n) is 10.1. The van der Waals surface area contributed by atoms with Crippen molar-refractivity contribution in [3.05, 3.63) is 89.5 Å². The Balaban J connectivity index is 1.35. The predicted molar refractivity (Wildman–Crippen MR) is 146 cm³/mol. The van der Waals surface area contributed by atoms with Crippen molar-refractivity contribution in [1.29, 1.82) is 0 Å². The minimum atomic E-state index is 0.0698. The summed E-state index contributed by atoms with van der Waals surface area (Å²) in [4.78, 5) is 12.2. The molecule has 0 amide bonds. The Morgan fingerprint density at radius 3 is 2.53 bits per heavy atom. The quantitative estimate of drug-likeness (QED) is 0.371. The molecule has 36 heavy (non-hydrogen) atoms. The number of hydrogen-bond acceptors (Lipinski definition) is 5. The van der Waals surface area contributed by atoms with Crippen LogP contribution in [0.3, 0.4) is 0 Å². The second-order valence-corrected chi connectivity index (χ2v) is 10.1. The summed E-state index contributed by atoms with van der Waals surface area (Å²) in [5.74, 6) is 9.84. The first-order valence-electron chi connectivity index (χ1n) is 13.3. The largest absolute Gasteiger partial charge is 0.489 e. The van der Waals surface area contributed by atoms with Crippen LogP contribution in [0.25, 0.3) is 0 Å². The zero-order valence-electron chi connectivity index (χ0n) is 21.5. The Labute approximate surface area is 215 Å². The van der Waals surface area contributed by atoms with Crippen LogP contribution in [0.5, 0.6) is 5.75 Å². The van der Waals surface area contributed by atoms with Crippen molar-refractivity contribution in [2.45, 2.75) is 46.1 Å². The molecule has 0 bridgehead atoms. The number of benzene rings is 2. The first-order chi connectivity index (χ1) is 17.6. The number of nitrogens with two attached hydrogens (primary N) is 1. The molecule has 3 aliphatic rings. The van der Waals surface area contributed by atoms with Crippen molar-refractivity contribution < 1.29 is 9.33 Å². The van der Waals surface area contributed by atoms with Crippen LogP contribution in [0.1, 0.15) is 50.7 Å². The molecule has 0 radical (unpaired) electrons. The van der Waals surface area contributed by atoms with E-state index < -0.39 is 0 Å². The molecule has 2 heterocycles. The van der Waals surface area contributed by atoms with Gasteiger partial charge in [-0.2, -0.15) is 10.8 Å². The summed E-state index contributed by atoms with van der Waals surface area (Å²) in [6.45, 7) is 8.50. The lowest BCUT2D eigenvalue weighted by Gasteiger charge is -2.32. The molecule has 1 unspecified atom stereocenters. The molecule has 0 saturated heterocycles. The third-order valence-electron chi connectivity index (χ3n) is 7.81. The molecular formula is C30H38N5O+. The third kappa shape index (κ3) is 5.07. The average molecular weight is 485 g/mol. The fourth-order valence-electron chi connectivity index (χ4n) is 5.64. The Morgan fingerprint density at radius 1 is 1.00 bits per heavy atom. The van der Waals surface area contributed by atoms with E-state index in [0.717, 1.165) is 66.0 Å². The fraction of sp³-hybridized carbons (Fsp3) is 0.400. The molecule has 1 saturated carbocycles. The van der Waals surface area contributed by atoms with Crippen LogP contribution < -0.4 is 10.6 Å². The van der Waals surface area contributed by atoms with Crippen LogP contribution in [0.2, 0.25) is 0 Å². The van der Waals surface area contributed by atoms with Crippen LogP contribution >= 0.6 is 0 Å². The van der Waals surface area contributed by atoms with Gasteiger partial charge in [0.25, 0.3) is 5.84 Å². The van der Waals surface area contributed by atoms with E-state index in [-0.39, 0.29) is 4.59 Å². The SMILES string of the molecule is CCN(CC)CC1CCC(C2=C3C=NC=C[N+]3(N)C(c3cccc(OCc4ccccc4)c3)=N2)CC1. The van der Waals surface area contributed by atoms with Crippen molar-refractivity contribution in [3.63, 3.8) is 0 Å². The number of allylic oxidation sites excluding steroid dienone is 2. The van der Waals surface area contributed by atoms with Gasteiger partial charge in [-0.15, -0.1) is 4.59 Å². The number of rotatable bonds is 9. The number of nitrogens with zero attached hydrogens (tertiary/aromatic N) is 4. The van der Waals surface area contributed by atoms with E-state index in [1.54, 1.807) is 6.20 Å². The standard InChI is InChI=1S/C30H38N5O/c1-3-34(4-2)21-23-13-15-25(16-14-23)29-28-20-32-17-18-35(28,31)30(33-29)26-11-8-12-27(19-26)36-22-24-9-6-5-7-10-24/h5-12,17-20,23,25H,3-4,13-16,21-22,31H2,1-2H3/q+1. The normalized spacial score (nSPS) is 25.3. The number of hydrogen-bond donors (Lipinski definition) is 1. The minimum Gasteiger partial charge on any atom is -0.489 e. The van der Waals surface area contributed by atoms with E-state index in [4.69, 9.17) is 15.6 Å². The van der Waals surface area contributed by atoms with Gasteiger partial charge in [-0.1, -0.05) is 50.2 Å². The van der Waals surface area contributed by atoms with Crippen molar-refractivity contribution in [3.8, 4) is 5.75 Å². The molecule has 2 aromatic rings. The van der Waals surface area contributed by atoms with E-state index in [1.807, 2.05) is 42.7 Å². The van der Waals surface area contributed by atoms with Gasteiger partial charge in [0, 0.05) is 12.5 Å². The van der Waals surface area contributed by atoms with E-state index >= 15 is 0 Å². The highest BCUT2D eigenvalue weighted by Gasteiger charge is 2.46. The van der Waals surface area contributed by atoms with Gasteiger partial charge >= 0.3 is 0 Å². The highest BCUT2D eigenvalue weighted by molar-refractivity contribution is 6.00. The van der Waals surface area contributed by atoms with Gasteiger partial charge in [0.05, 0.1) is 18.0 Å². The summed E-state index contributed by atoms with van der Waals surface area (Å²) < 4.78 is 6.17. The van der Waals surface area contributed by atoms with Crippen LogP contribution in [-0.4, -0.2) is 41.2 Å². The molecule has 0 spiro atoms. The number of amidine groups is 1. The van der Waals surface area contributed by atoms with E-state index in [2.05, 4.69) is 48.0 Å². The lowest BCUT2D eigenvalue weighted by atomic mass is 9.80. The highest BCUT2D eigenvalue weighted by atomic mass is 16.5. The van der Waals surface area contributed by atoms with Gasteiger partial charge in [0.2, 0.25) is 5.70 Å². The molecule has 6 heteroatoms. The maximum atomic E-state index is 7.01. The van der Waals surface area contributed by atoms with Crippen molar-refractivity contribution in [2.75, 3.05) is 19.6 Å². The van der Waals surface area contributed by atoms with Gasteiger partial charge in [0.15, 0.2) is 0 Å². The second kappa shape index (κ2) is 10.9. The van der Waals surface area contributed by atoms with Crippen LogP contribution in [0, 0.1) is 11.8 Å². The first-order valence-corrected chi connectivity index (χ1v) is 13.3. The van der Waals surface area contributed by atoms with Gasteiger partial charge in [0.1, 0.15) is 24.3 Å². The van der Waals surface area contributed by atoms with Gasteiger partial charge in [-0.05, 0) is 68.5 Å². The maximum absolute atomic E-state index is 7.01.